The molecule has 0 aromatic heterocycles. The van der Waals surface area contributed by atoms with Crippen LogP contribution in [0.2, 0.25) is 0 Å². The van der Waals surface area contributed by atoms with E-state index in [1.54, 1.807) is 6.92 Å². The number of esters is 1. The van der Waals surface area contributed by atoms with E-state index in [1.165, 1.54) is 0 Å². The van der Waals surface area contributed by atoms with Crippen molar-refractivity contribution >= 4 is 5.97 Å². The molecule has 0 amide bonds. The number of ether oxygens (including phenoxy) is 2. The predicted molar refractivity (Wildman–Crippen MR) is 52.2 cm³/mol. The van der Waals surface area contributed by atoms with Gasteiger partial charge >= 0.3 is 5.97 Å². The molecule has 0 saturated carbocycles. The highest BCUT2D eigenvalue weighted by atomic mass is 16.6. The topological polar surface area (TPSA) is 96.3 Å². The molecule has 0 bridgehead atoms. The SMILES string of the molecule is CCOC(=O)C1(NCCN=[N+]=[N-])COC1. The highest BCUT2D eigenvalue weighted by molar-refractivity contribution is 5.82. The van der Waals surface area contributed by atoms with Gasteiger partial charge in [0, 0.05) is 18.0 Å². The third-order valence-electron chi connectivity index (χ3n) is 2.10. The van der Waals surface area contributed by atoms with Crippen molar-refractivity contribution in [2.75, 3.05) is 32.9 Å². The lowest BCUT2D eigenvalue weighted by atomic mass is 9.98. The third-order valence-corrected chi connectivity index (χ3v) is 2.10. The Labute approximate surface area is 87.4 Å². The van der Waals surface area contributed by atoms with Crippen LogP contribution in [0.5, 0.6) is 0 Å². The smallest absolute Gasteiger partial charge is 0.331 e. The standard InChI is InChI=1S/C8H14N4O3/c1-2-15-7(13)8(5-14-6-8)10-3-4-11-12-9/h10H,2-6H2,1H3. The molecule has 1 heterocycles. The highest BCUT2D eigenvalue weighted by Crippen LogP contribution is 2.18. The van der Waals surface area contributed by atoms with Crippen LogP contribution in [0, 0.1) is 0 Å². The van der Waals surface area contributed by atoms with Crippen molar-refractivity contribution in [2.24, 2.45) is 5.11 Å². The monoisotopic (exact) mass is 214 g/mol. The van der Waals surface area contributed by atoms with E-state index in [9.17, 15) is 4.79 Å². The van der Waals surface area contributed by atoms with Crippen molar-refractivity contribution < 1.29 is 14.3 Å². The molecule has 1 aliphatic heterocycles. The molecule has 0 aliphatic carbocycles. The fourth-order valence-electron chi connectivity index (χ4n) is 1.26. The van der Waals surface area contributed by atoms with E-state index in [2.05, 4.69) is 15.3 Å². The first kappa shape index (κ1) is 11.8. The van der Waals surface area contributed by atoms with Crippen LogP contribution in [-0.4, -0.2) is 44.4 Å². The van der Waals surface area contributed by atoms with Gasteiger partial charge in [0.05, 0.1) is 19.8 Å². The number of carbonyl (C=O) groups excluding carboxylic acids is 1. The second kappa shape index (κ2) is 5.55. The van der Waals surface area contributed by atoms with Crippen molar-refractivity contribution in [1.82, 2.24) is 5.32 Å². The Balaban J connectivity index is 2.39. The van der Waals surface area contributed by atoms with Crippen molar-refractivity contribution in [3.63, 3.8) is 0 Å². The molecule has 15 heavy (non-hydrogen) atoms. The number of nitrogens with one attached hydrogen (secondary N) is 1. The molecule has 0 spiro atoms. The Morgan fingerprint density at radius 3 is 2.93 bits per heavy atom. The molecular formula is C8H14N4O3. The first-order chi connectivity index (χ1) is 7.25. The average Bonchev–Trinajstić information content (AvgIpc) is 2.16. The molecule has 1 N–H and O–H groups in total. The van der Waals surface area contributed by atoms with Crippen molar-refractivity contribution in [3.05, 3.63) is 10.4 Å². The van der Waals surface area contributed by atoms with Crippen LogP contribution < -0.4 is 5.32 Å². The molecule has 0 unspecified atom stereocenters. The maximum Gasteiger partial charge on any atom is 0.331 e. The van der Waals surface area contributed by atoms with E-state index < -0.39 is 5.54 Å². The van der Waals surface area contributed by atoms with Crippen LogP contribution in [-0.2, 0) is 14.3 Å². The zero-order chi connectivity index (χ0) is 11.1. The maximum absolute atomic E-state index is 11.5. The molecule has 1 fully saturated rings. The molecule has 0 atom stereocenters. The fourth-order valence-corrected chi connectivity index (χ4v) is 1.26. The van der Waals surface area contributed by atoms with E-state index in [0.29, 0.717) is 32.9 Å². The quantitative estimate of drug-likeness (QED) is 0.225. The molecule has 1 saturated heterocycles. The van der Waals surface area contributed by atoms with Gasteiger partial charge in [-0.05, 0) is 12.5 Å². The Bertz CT molecular complexity index is 271. The van der Waals surface area contributed by atoms with Gasteiger partial charge in [-0.25, -0.2) is 4.79 Å². The normalized spacial score (nSPS) is 17.4. The maximum atomic E-state index is 11.5. The summed E-state index contributed by atoms with van der Waals surface area (Å²) in [5.74, 6) is -0.308. The van der Waals surface area contributed by atoms with Gasteiger partial charge in [0.15, 0.2) is 5.54 Å². The molecule has 0 radical (unpaired) electrons. The zero-order valence-corrected chi connectivity index (χ0v) is 8.60. The first-order valence-electron chi connectivity index (χ1n) is 4.76. The van der Waals surface area contributed by atoms with Gasteiger partial charge in [0.1, 0.15) is 0 Å². The summed E-state index contributed by atoms with van der Waals surface area (Å²) in [6.45, 7) is 3.46. The lowest BCUT2D eigenvalue weighted by Gasteiger charge is -2.39. The minimum atomic E-state index is -0.735. The van der Waals surface area contributed by atoms with Crippen LogP contribution in [0.15, 0.2) is 5.11 Å². The second-order valence-electron chi connectivity index (χ2n) is 3.18. The largest absolute Gasteiger partial charge is 0.464 e. The molecule has 7 heteroatoms. The number of hydrogen-bond acceptors (Lipinski definition) is 5. The van der Waals surface area contributed by atoms with Crippen LogP contribution in [0.1, 0.15) is 6.92 Å². The fraction of sp³-hybridized carbons (Fsp3) is 0.875. The van der Waals surface area contributed by atoms with Crippen LogP contribution in [0.3, 0.4) is 0 Å². The summed E-state index contributed by atoms with van der Waals surface area (Å²) in [4.78, 5) is 14.2. The Morgan fingerprint density at radius 1 is 1.73 bits per heavy atom. The van der Waals surface area contributed by atoms with E-state index in [-0.39, 0.29) is 5.97 Å². The zero-order valence-electron chi connectivity index (χ0n) is 8.60. The van der Waals surface area contributed by atoms with E-state index in [0.717, 1.165) is 0 Å². The molecule has 0 aromatic carbocycles. The third kappa shape index (κ3) is 2.82. The van der Waals surface area contributed by atoms with Crippen LogP contribution in [0.4, 0.5) is 0 Å². The summed E-state index contributed by atoms with van der Waals surface area (Å²) in [7, 11) is 0. The number of rotatable bonds is 6. The molecule has 84 valence electrons. The summed E-state index contributed by atoms with van der Waals surface area (Å²) in [6.07, 6.45) is 0. The van der Waals surface area contributed by atoms with Crippen molar-refractivity contribution in [2.45, 2.75) is 12.5 Å². The first-order valence-corrected chi connectivity index (χ1v) is 4.76. The summed E-state index contributed by atoms with van der Waals surface area (Å²) >= 11 is 0. The number of nitrogens with zero attached hydrogens (tertiary/aromatic N) is 3. The van der Waals surface area contributed by atoms with Gasteiger partial charge in [-0.2, -0.15) is 0 Å². The highest BCUT2D eigenvalue weighted by Gasteiger charge is 2.46. The van der Waals surface area contributed by atoms with Gasteiger partial charge in [-0.15, -0.1) is 0 Å². The lowest BCUT2D eigenvalue weighted by Crippen LogP contribution is -2.66. The second-order valence-corrected chi connectivity index (χ2v) is 3.18. The molecule has 7 nitrogen and oxygen atoms in total. The number of hydrogen-bond donors (Lipinski definition) is 1. The number of azide groups is 1. The number of carbonyl (C=O) groups is 1. The molecule has 1 rings (SSSR count). The van der Waals surface area contributed by atoms with Gasteiger partial charge in [0.2, 0.25) is 0 Å². The van der Waals surface area contributed by atoms with Crippen molar-refractivity contribution in [1.29, 1.82) is 0 Å². The lowest BCUT2D eigenvalue weighted by molar-refractivity contribution is -0.172. The minimum Gasteiger partial charge on any atom is -0.464 e. The molecular weight excluding hydrogens is 200 g/mol. The summed E-state index contributed by atoms with van der Waals surface area (Å²) in [6, 6.07) is 0. The van der Waals surface area contributed by atoms with E-state index >= 15 is 0 Å². The summed E-state index contributed by atoms with van der Waals surface area (Å²) in [5.41, 5.74) is 7.34. The minimum absolute atomic E-state index is 0.303. The van der Waals surface area contributed by atoms with Gasteiger partial charge in [-0.3, -0.25) is 5.32 Å². The van der Waals surface area contributed by atoms with Gasteiger partial charge in [-0.1, -0.05) is 5.11 Å². The van der Waals surface area contributed by atoms with E-state index in [4.69, 9.17) is 15.0 Å². The van der Waals surface area contributed by atoms with E-state index in [1.807, 2.05) is 0 Å². The van der Waals surface area contributed by atoms with Gasteiger partial charge < -0.3 is 9.47 Å². The Kier molecular flexibility index (Phi) is 4.36. The summed E-state index contributed by atoms with van der Waals surface area (Å²) in [5, 5.41) is 6.35. The van der Waals surface area contributed by atoms with Gasteiger partial charge in [0.25, 0.3) is 0 Å². The van der Waals surface area contributed by atoms with Crippen LogP contribution >= 0.6 is 0 Å². The average molecular weight is 214 g/mol. The molecule has 0 aromatic rings. The predicted octanol–water partition coefficient (Wildman–Crippen LogP) is 0.218. The Hall–Kier alpha value is -1.30. The molecule has 1 aliphatic rings. The summed E-state index contributed by atoms with van der Waals surface area (Å²) < 4.78 is 9.92. The van der Waals surface area contributed by atoms with Crippen LogP contribution in [0.25, 0.3) is 10.4 Å². The van der Waals surface area contributed by atoms with Crippen molar-refractivity contribution in [3.8, 4) is 0 Å². The Morgan fingerprint density at radius 2 is 2.47 bits per heavy atom.